The van der Waals surface area contributed by atoms with E-state index in [1.807, 2.05) is 16.8 Å². The number of rotatable bonds is 6. The minimum atomic E-state index is -0.541. The SMILES string of the molecule is COc1ccc(Cl)cc1C(=O)NNC(=O)CCc1nc(-c2ccsc2)no1. The Morgan fingerprint density at radius 3 is 2.89 bits per heavy atom. The average Bonchev–Trinajstić information content (AvgIpc) is 3.35. The minimum absolute atomic E-state index is 0.0677. The largest absolute Gasteiger partial charge is 0.496 e. The van der Waals surface area contributed by atoms with E-state index in [4.69, 9.17) is 20.9 Å². The zero-order valence-corrected chi connectivity index (χ0v) is 15.8. The highest BCUT2D eigenvalue weighted by atomic mass is 35.5. The van der Waals surface area contributed by atoms with Crippen LogP contribution >= 0.6 is 22.9 Å². The number of hydrazine groups is 1. The predicted octanol–water partition coefficient (Wildman–Crippen LogP) is 2.85. The van der Waals surface area contributed by atoms with E-state index in [-0.39, 0.29) is 18.4 Å². The summed E-state index contributed by atoms with van der Waals surface area (Å²) in [6.45, 7) is 0. The molecule has 0 spiro atoms. The number of hydrogen-bond acceptors (Lipinski definition) is 7. The molecule has 2 aromatic heterocycles. The molecule has 0 aliphatic heterocycles. The van der Waals surface area contributed by atoms with Crippen molar-refractivity contribution < 1.29 is 18.8 Å². The molecule has 0 unspecified atom stereocenters. The Balaban J connectivity index is 1.50. The lowest BCUT2D eigenvalue weighted by molar-refractivity contribution is -0.121. The molecule has 0 fully saturated rings. The number of carbonyl (C=O) groups is 2. The topological polar surface area (TPSA) is 106 Å². The van der Waals surface area contributed by atoms with E-state index in [1.165, 1.54) is 24.5 Å². The van der Waals surface area contributed by atoms with E-state index < -0.39 is 11.8 Å². The number of nitrogens with one attached hydrogen (secondary N) is 2. The van der Waals surface area contributed by atoms with E-state index in [9.17, 15) is 9.59 Å². The fraction of sp³-hybridized carbons (Fsp3) is 0.176. The van der Waals surface area contributed by atoms with Crippen molar-refractivity contribution >= 4 is 34.8 Å². The summed E-state index contributed by atoms with van der Waals surface area (Å²) >= 11 is 7.42. The molecule has 3 aromatic rings. The smallest absolute Gasteiger partial charge is 0.273 e. The van der Waals surface area contributed by atoms with Crippen LogP contribution < -0.4 is 15.6 Å². The number of benzene rings is 1. The fourth-order valence-corrected chi connectivity index (χ4v) is 3.01. The third-order valence-corrected chi connectivity index (χ3v) is 4.45. The summed E-state index contributed by atoms with van der Waals surface area (Å²) in [6.07, 6.45) is 0.317. The fourth-order valence-electron chi connectivity index (χ4n) is 2.20. The molecular formula is C17H15ClN4O4S. The number of hydrogen-bond donors (Lipinski definition) is 2. The summed E-state index contributed by atoms with van der Waals surface area (Å²) in [5.74, 6) is 0.222. The van der Waals surface area contributed by atoms with Crippen LogP contribution in [0, 0.1) is 0 Å². The van der Waals surface area contributed by atoms with Crippen molar-refractivity contribution in [2.75, 3.05) is 7.11 Å². The van der Waals surface area contributed by atoms with Gasteiger partial charge in [-0.15, -0.1) is 0 Å². The highest BCUT2D eigenvalue weighted by Crippen LogP contribution is 2.22. The van der Waals surface area contributed by atoms with Crippen LogP contribution in [-0.4, -0.2) is 29.1 Å². The average molecular weight is 407 g/mol. The lowest BCUT2D eigenvalue weighted by atomic mass is 10.2. The molecule has 0 radical (unpaired) electrons. The number of carbonyl (C=O) groups excluding carboxylic acids is 2. The van der Waals surface area contributed by atoms with Crippen LogP contribution in [0.25, 0.3) is 11.4 Å². The maximum absolute atomic E-state index is 12.2. The van der Waals surface area contributed by atoms with Gasteiger partial charge in [0.25, 0.3) is 5.91 Å². The molecular weight excluding hydrogens is 392 g/mol. The molecule has 0 aliphatic rings. The number of ether oxygens (including phenoxy) is 1. The number of aryl methyl sites for hydroxylation is 1. The van der Waals surface area contributed by atoms with Crippen LogP contribution in [0.4, 0.5) is 0 Å². The van der Waals surface area contributed by atoms with Crippen LogP contribution in [0.15, 0.2) is 39.5 Å². The first-order valence-electron chi connectivity index (χ1n) is 7.84. The molecule has 2 N–H and O–H groups in total. The zero-order chi connectivity index (χ0) is 19.2. The number of aromatic nitrogens is 2. The van der Waals surface area contributed by atoms with Gasteiger partial charge in [-0.3, -0.25) is 20.4 Å². The molecule has 8 nitrogen and oxygen atoms in total. The van der Waals surface area contributed by atoms with Crippen molar-refractivity contribution in [1.29, 1.82) is 0 Å². The third kappa shape index (κ3) is 4.83. The van der Waals surface area contributed by atoms with Crippen LogP contribution in [-0.2, 0) is 11.2 Å². The number of halogens is 1. The molecule has 0 bridgehead atoms. The summed E-state index contributed by atoms with van der Waals surface area (Å²) in [4.78, 5) is 28.4. The van der Waals surface area contributed by atoms with Gasteiger partial charge in [0.05, 0.1) is 12.7 Å². The zero-order valence-electron chi connectivity index (χ0n) is 14.2. The molecule has 2 amide bonds. The van der Waals surface area contributed by atoms with Gasteiger partial charge in [-0.05, 0) is 29.6 Å². The first-order chi connectivity index (χ1) is 13.1. The van der Waals surface area contributed by atoms with E-state index in [0.717, 1.165) is 5.56 Å². The number of amides is 2. The van der Waals surface area contributed by atoms with Crippen molar-refractivity contribution in [3.8, 4) is 17.1 Å². The van der Waals surface area contributed by atoms with Gasteiger partial charge < -0.3 is 9.26 Å². The second kappa shape index (κ2) is 8.65. The van der Waals surface area contributed by atoms with Gasteiger partial charge >= 0.3 is 0 Å². The molecule has 3 rings (SSSR count). The summed E-state index contributed by atoms with van der Waals surface area (Å²) < 4.78 is 10.2. The van der Waals surface area contributed by atoms with Crippen molar-refractivity contribution in [3.05, 3.63) is 51.5 Å². The van der Waals surface area contributed by atoms with Gasteiger partial charge in [-0.25, -0.2) is 0 Å². The second-order valence-corrected chi connectivity index (χ2v) is 6.59. The summed E-state index contributed by atoms with van der Waals surface area (Å²) in [5, 5.41) is 8.07. The molecule has 0 saturated heterocycles. The molecule has 2 heterocycles. The summed E-state index contributed by atoms with van der Waals surface area (Å²) in [6, 6.07) is 6.50. The monoisotopic (exact) mass is 406 g/mol. The van der Waals surface area contributed by atoms with Gasteiger partial charge in [0.15, 0.2) is 0 Å². The number of methoxy groups -OCH3 is 1. The van der Waals surface area contributed by atoms with E-state index in [1.54, 1.807) is 12.1 Å². The lowest BCUT2D eigenvalue weighted by Gasteiger charge is -2.10. The van der Waals surface area contributed by atoms with Gasteiger partial charge in [-0.1, -0.05) is 16.8 Å². The van der Waals surface area contributed by atoms with Crippen molar-refractivity contribution in [2.24, 2.45) is 0 Å². The summed E-state index contributed by atoms with van der Waals surface area (Å²) in [5.41, 5.74) is 5.73. The molecule has 10 heteroatoms. The Morgan fingerprint density at radius 2 is 2.15 bits per heavy atom. The van der Waals surface area contributed by atoms with Crippen LogP contribution in [0.1, 0.15) is 22.7 Å². The lowest BCUT2D eigenvalue weighted by Crippen LogP contribution is -2.41. The van der Waals surface area contributed by atoms with Crippen molar-refractivity contribution in [3.63, 3.8) is 0 Å². The van der Waals surface area contributed by atoms with Crippen LogP contribution in [0.2, 0.25) is 5.02 Å². The number of nitrogens with zero attached hydrogens (tertiary/aromatic N) is 2. The van der Waals surface area contributed by atoms with Crippen molar-refractivity contribution in [1.82, 2.24) is 21.0 Å². The van der Waals surface area contributed by atoms with Crippen LogP contribution in [0.5, 0.6) is 5.75 Å². The molecule has 0 aliphatic carbocycles. The first kappa shape index (κ1) is 18.9. The van der Waals surface area contributed by atoms with Crippen LogP contribution in [0.3, 0.4) is 0 Å². The molecule has 27 heavy (non-hydrogen) atoms. The standard InChI is InChI=1S/C17H15ClN4O4S/c1-25-13-3-2-11(18)8-12(13)17(24)21-20-14(23)4-5-15-19-16(22-26-15)10-6-7-27-9-10/h2-3,6-9H,4-5H2,1H3,(H,20,23)(H,21,24). The third-order valence-electron chi connectivity index (χ3n) is 3.53. The van der Waals surface area contributed by atoms with E-state index in [2.05, 4.69) is 21.0 Å². The maximum atomic E-state index is 12.2. The molecule has 0 atom stereocenters. The predicted molar refractivity (Wildman–Crippen MR) is 99.5 cm³/mol. The Hall–Kier alpha value is -2.91. The first-order valence-corrected chi connectivity index (χ1v) is 9.17. The Morgan fingerprint density at radius 1 is 1.30 bits per heavy atom. The normalized spacial score (nSPS) is 10.4. The highest BCUT2D eigenvalue weighted by molar-refractivity contribution is 7.08. The van der Waals surface area contributed by atoms with E-state index >= 15 is 0 Å². The van der Waals surface area contributed by atoms with Gasteiger partial charge in [0, 0.05) is 28.8 Å². The molecule has 140 valence electrons. The highest BCUT2D eigenvalue weighted by Gasteiger charge is 2.15. The minimum Gasteiger partial charge on any atom is -0.496 e. The number of thiophene rings is 1. The van der Waals surface area contributed by atoms with Gasteiger partial charge in [0.1, 0.15) is 5.75 Å². The molecule has 0 saturated carbocycles. The Labute approximate surface area is 163 Å². The van der Waals surface area contributed by atoms with Gasteiger partial charge in [-0.2, -0.15) is 16.3 Å². The summed E-state index contributed by atoms with van der Waals surface area (Å²) in [7, 11) is 1.44. The quantitative estimate of drug-likeness (QED) is 0.609. The van der Waals surface area contributed by atoms with E-state index in [0.29, 0.717) is 22.5 Å². The Kier molecular flexibility index (Phi) is 6.05. The Bertz CT molecular complexity index is 942. The second-order valence-electron chi connectivity index (χ2n) is 5.37. The van der Waals surface area contributed by atoms with Crippen molar-refractivity contribution in [2.45, 2.75) is 12.8 Å². The maximum Gasteiger partial charge on any atom is 0.273 e. The van der Waals surface area contributed by atoms with Gasteiger partial charge in [0.2, 0.25) is 17.6 Å². The molecule has 1 aromatic carbocycles.